The minimum absolute atomic E-state index is 0.116. The monoisotopic (exact) mass is 268 g/mol. The summed E-state index contributed by atoms with van der Waals surface area (Å²) in [6.45, 7) is 1.04. The number of rotatable bonds is 1. The van der Waals surface area contributed by atoms with Gasteiger partial charge in [-0.05, 0) is 25.0 Å². The van der Waals surface area contributed by atoms with Crippen molar-refractivity contribution >= 4 is 0 Å². The molecule has 2 aliphatic rings. The Hall–Kier alpha value is -2.23. The van der Waals surface area contributed by atoms with E-state index < -0.39 is 0 Å². The molecule has 2 aromatic rings. The predicted octanol–water partition coefficient (Wildman–Crippen LogP) is 2.88. The zero-order valence-electron chi connectivity index (χ0n) is 11.4. The maximum absolute atomic E-state index is 5.69. The van der Waals surface area contributed by atoms with Crippen LogP contribution in [0.4, 0.5) is 0 Å². The van der Waals surface area contributed by atoms with Gasteiger partial charge in [0.15, 0.2) is 0 Å². The van der Waals surface area contributed by atoms with Gasteiger partial charge in [0.2, 0.25) is 0 Å². The van der Waals surface area contributed by atoms with Crippen LogP contribution in [0.5, 0.6) is 11.5 Å². The van der Waals surface area contributed by atoms with Crippen molar-refractivity contribution in [2.45, 2.75) is 24.8 Å². The van der Waals surface area contributed by atoms with Crippen LogP contribution in [0, 0.1) is 0 Å². The van der Waals surface area contributed by atoms with E-state index in [0.717, 1.165) is 30.9 Å². The molecule has 1 spiro atoms. The number of fused-ring (bicyclic) bond motifs is 4. The normalized spacial score (nSPS) is 23.1. The summed E-state index contributed by atoms with van der Waals surface area (Å²) in [6, 6.07) is 6.06. The molecule has 0 aliphatic carbocycles. The van der Waals surface area contributed by atoms with Gasteiger partial charge in [0, 0.05) is 24.4 Å². The van der Waals surface area contributed by atoms with E-state index in [1.54, 1.807) is 13.4 Å². The molecule has 0 amide bonds. The maximum atomic E-state index is 5.69. The van der Waals surface area contributed by atoms with Gasteiger partial charge in [-0.2, -0.15) is 0 Å². The molecule has 0 fully saturated rings. The largest absolute Gasteiger partial charge is 0.497 e. The van der Waals surface area contributed by atoms with Crippen LogP contribution in [0.15, 0.2) is 43.1 Å². The molecule has 3 heterocycles. The Bertz CT molecular complexity index is 690. The first-order valence-electron chi connectivity index (χ1n) is 6.87. The Morgan fingerprint density at radius 1 is 1.40 bits per heavy atom. The van der Waals surface area contributed by atoms with Gasteiger partial charge in [0.1, 0.15) is 11.5 Å². The summed E-state index contributed by atoms with van der Waals surface area (Å²) in [5, 5.41) is 0. The van der Waals surface area contributed by atoms with E-state index in [2.05, 4.69) is 21.7 Å². The smallest absolute Gasteiger partial charge is 0.134 e. The number of imidazole rings is 1. The van der Waals surface area contributed by atoms with Crippen molar-refractivity contribution < 1.29 is 9.47 Å². The van der Waals surface area contributed by atoms with Crippen LogP contribution >= 0.6 is 0 Å². The van der Waals surface area contributed by atoms with E-state index in [1.165, 1.54) is 11.3 Å². The zero-order valence-corrected chi connectivity index (χ0v) is 11.4. The summed E-state index contributed by atoms with van der Waals surface area (Å²) >= 11 is 0. The number of aromatic nitrogens is 2. The van der Waals surface area contributed by atoms with E-state index in [1.807, 2.05) is 24.7 Å². The lowest BCUT2D eigenvalue weighted by Gasteiger charge is -2.38. The van der Waals surface area contributed by atoms with Crippen molar-refractivity contribution in [3.05, 3.63) is 54.3 Å². The van der Waals surface area contributed by atoms with Gasteiger partial charge in [-0.1, -0.05) is 6.07 Å². The third kappa shape index (κ3) is 1.45. The molecule has 0 saturated carbocycles. The van der Waals surface area contributed by atoms with Crippen molar-refractivity contribution in [2.24, 2.45) is 0 Å². The molecule has 1 atom stereocenters. The molecule has 102 valence electrons. The van der Waals surface area contributed by atoms with Gasteiger partial charge in [-0.25, -0.2) is 4.98 Å². The third-order valence-corrected chi connectivity index (χ3v) is 4.36. The van der Waals surface area contributed by atoms with E-state index in [9.17, 15) is 0 Å². The second-order valence-electron chi connectivity index (χ2n) is 5.33. The number of benzene rings is 1. The van der Waals surface area contributed by atoms with Crippen LogP contribution < -0.4 is 9.47 Å². The number of allylic oxidation sites excluding steroid dienone is 1. The lowest BCUT2D eigenvalue weighted by atomic mass is 9.71. The minimum atomic E-state index is -0.116. The van der Waals surface area contributed by atoms with Crippen LogP contribution in [-0.4, -0.2) is 16.7 Å². The topological polar surface area (TPSA) is 36.3 Å². The quantitative estimate of drug-likeness (QED) is 0.798. The van der Waals surface area contributed by atoms with Crippen molar-refractivity contribution in [3.63, 3.8) is 0 Å². The molecule has 0 N–H and O–H groups in total. The number of nitrogens with zero attached hydrogens (tertiary/aromatic N) is 2. The SMILES string of the molecule is COc1ccc2c(c1)OC=CC21CCCn2cncc21. The van der Waals surface area contributed by atoms with Crippen LogP contribution in [0.3, 0.4) is 0 Å². The molecule has 0 bridgehead atoms. The fourth-order valence-electron chi connectivity index (χ4n) is 3.38. The summed E-state index contributed by atoms with van der Waals surface area (Å²) in [5.74, 6) is 1.69. The number of hydrogen-bond acceptors (Lipinski definition) is 3. The Morgan fingerprint density at radius 2 is 2.35 bits per heavy atom. The van der Waals surface area contributed by atoms with Gasteiger partial charge in [-0.3, -0.25) is 0 Å². The summed E-state index contributed by atoms with van der Waals surface area (Å²) in [4.78, 5) is 4.32. The highest BCUT2D eigenvalue weighted by Gasteiger charge is 2.40. The zero-order chi connectivity index (χ0) is 13.6. The third-order valence-electron chi connectivity index (χ3n) is 4.36. The second-order valence-corrected chi connectivity index (χ2v) is 5.33. The molecule has 4 rings (SSSR count). The van der Waals surface area contributed by atoms with E-state index in [4.69, 9.17) is 9.47 Å². The Labute approximate surface area is 117 Å². The fourth-order valence-corrected chi connectivity index (χ4v) is 3.38. The molecule has 4 nitrogen and oxygen atoms in total. The lowest BCUT2D eigenvalue weighted by Crippen LogP contribution is -2.34. The molecule has 4 heteroatoms. The molecule has 0 saturated heterocycles. The number of hydrogen-bond donors (Lipinski definition) is 0. The molecule has 1 unspecified atom stereocenters. The van der Waals surface area contributed by atoms with Crippen LogP contribution in [0.1, 0.15) is 24.1 Å². The van der Waals surface area contributed by atoms with E-state index >= 15 is 0 Å². The molecule has 20 heavy (non-hydrogen) atoms. The van der Waals surface area contributed by atoms with Gasteiger partial charge in [-0.15, -0.1) is 0 Å². The standard InChI is InChI=1S/C16H16N2O2/c1-19-12-3-4-13-14(9-12)20-8-6-16(13)5-2-7-18-11-17-10-15(16)18/h3-4,6,8-11H,2,5,7H2,1H3. The summed E-state index contributed by atoms with van der Waals surface area (Å²) in [6.07, 6.45) is 10.1. The van der Waals surface area contributed by atoms with Crippen molar-refractivity contribution in [2.75, 3.05) is 7.11 Å². The Kier molecular flexibility index (Phi) is 2.39. The summed E-state index contributed by atoms with van der Waals surface area (Å²) in [5.41, 5.74) is 2.33. The van der Waals surface area contributed by atoms with Crippen LogP contribution in [0.25, 0.3) is 0 Å². The Morgan fingerprint density at radius 3 is 3.25 bits per heavy atom. The maximum Gasteiger partial charge on any atom is 0.134 e. The van der Waals surface area contributed by atoms with Crippen molar-refractivity contribution in [3.8, 4) is 11.5 Å². The van der Waals surface area contributed by atoms with Gasteiger partial charge < -0.3 is 14.0 Å². The highest BCUT2D eigenvalue weighted by molar-refractivity contribution is 5.54. The summed E-state index contributed by atoms with van der Waals surface area (Å²) in [7, 11) is 1.67. The molecular weight excluding hydrogens is 252 g/mol. The van der Waals surface area contributed by atoms with Crippen LogP contribution in [-0.2, 0) is 12.0 Å². The van der Waals surface area contributed by atoms with E-state index in [-0.39, 0.29) is 5.41 Å². The first kappa shape index (κ1) is 11.6. The van der Waals surface area contributed by atoms with Crippen molar-refractivity contribution in [1.29, 1.82) is 0 Å². The average molecular weight is 268 g/mol. The average Bonchev–Trinajstić information content (AvgIpc) is 2.97. The Balaban J connectivity index is 1.94. The number of methoxy groups -OCH3 is 1. The van der Waals surface area contributed by atoms with Gasteiger partial charge in [0.25, 0.3) is 0 Å². The van der Waals surface area contributed by atoms with Gasteiger partial charge in [0.05, 0.1) is 30.8 Å². The highest BCUT2D eigenvalue weighted by atomic mass is 16.5. The first-order valence-corrected chi connectivity index (χ1v) is 6.87. The molecule has 1 aromatic carbocycles. The highest BCUT2D eigenvalue weighted by Crippen LogP contribution is 2.47. The summed E-state index contributed by atoms with van der Waals surface area (Å²) < 4.78 is 13.2. The molecule has 0 radical (unpaired) electrons. The predicted molar refractivity (Wildman–Crippen MR) is 75.0 cm³/mol. The fraction of sp³-hybridized carbons (Fsp3) is 0.312. The van der Waals surface area contributed by atoms with E-state index in [0.29, 0.717) is 0 Å². The molecular formula is C16H16N2O2. The first-order chi connectivity index (χ1) is 9.83. The minimum Gasteiger partial charge on any atom is -0.497 e. The van der Waals surface area contributed by atoms with Crippen LogP contribution in [0.2, 0.25) is 0 Å². The van der Waals surface area contributed by atoms with Crippen molar-refractivity contribution in [1.82, 2.24) is 9.55 Å². The number of ether oxygens (including phenoxy) is 2. The second kappa shape index (κ2) is 4.13. The molecule has 1 aromatic heterocycles. The number of aryl methyl sites for hydroxylation is 1. The lowest BCUT2D eigenvalue weighted by molar-refractivity contribution is 0.365. The van der Waals surface area contributed by atoms with Gasteiger partial charge >= 0.3 is 0 Å². The molecule has 2 aliphatic heterocycles.